The van der Waals surface area contributed by atoms with E-state index in [9.17, 15) is 0 Å². The highest BCUT2D eigenvalue weighted by Crippen LogP contribution is 2.25. The molecule has 0 fully saturated rings. The third-order valence-corrected chi connectivity index (χ3v) is 3.58. The fourth-order valence-corrected chi connectivity index (χ4v) is 2.22. The first kappa shape index (κ1) is 13.1. The molecule has 0 spiro atoms. The van der Waals surface area contributed by atoms with E-state index in [-0.39, 0.29) is 0 Å². The van der Waals surface area contributed by atoms with Crippen molar-refractivity contribution in [2.75, 3.05) is 0 Å². The maximum Gasteiger partial charge on any atom is 0.228 e. The van der Waals surface area contributed by atoms with Crippen molar-refractivity contribution in [2.24, 2.45) is 0 Å². The molecule has 0 amide bonds. The predicted octanol–water partition coefficient (Wildman–Crippen LogP) is 4.35. The SMILES string of the molecule is Cc1ccccc1COc1nc(C)c(C)cc1Br. The van der Waals surface area contributed by atoms with Gasteiger partial charge in [-0.1, -0.05) is 24.3 Å². The number of nitrogens with zero attached hydrogens (tertiary/aromatic N) is 1. The predicted molar refractivity (Wildman–Crippen MR) is 76.9 cm³/mol. The molecule has 0 saturated heterocycles. The van der Waals surface area contributed by atoms with Gasteiger partial charge in [0.15, 0.2) is 0 Å². The van der Waals surface area contributed by atoms with Gasteiger partial charge in [-0.2, -0.15) is 0 Å². The van der Waals surface area contributed by atoms with Crippen molar-refractivity contribution >= 4 is 15.9 Å². The summed E-state index contributed by atoms with van der Waals surface area (Å²) in [4.78, 5) is 4.45. The summed E-state index contributed by atoms with van der Waals surface area (Å²) in [7, 11) is 0. The lowest BCUT2D eigenvalue weighted by Crippen LogP contribution is -2.01. The number of hydrogen-bond donors (Lipinski definition) is 0. The van der Waals surface area contributed by atoms with Crippen molar-refractivity contribution in [1.82, 2.24) is 4.98 Å². The highest BCUT2D eigenvalue weighted by Gasteiger charge is 2.07. The molecule has 1 aromatic carbocycles. The average Bonchev–Trinajstić information content (AvgIpc) is 2.34. The van der Waals surface area contributed by atoms with E-state index in [1.54, 1.807) is 0 Å². The number of benzene rings is 1. The van der Waals surface area contributed by atoms with E-state index in [0.717, 1.165) is 15.7 Å². The lowest BCUT2D eigenvalue weighted by atomic mass is 10.1. The van der Waals surface area contributed by atoms with Gasteiger partial charge in [-0.05, 0) is 59.5 Å². The molecule has 94 valence electrons. The Morgan fingerprint density at radius 1 is 1.11 bits per heavy atom. The van der Waals surface area contributed by atoms with Gasteiger partial charge in [0.25, 0.3) is 0 Å². The fourth-order valence-electron chi connectivity index (χ4n) is 1.67. The molecule has 1 heterocycles. The minimum absolute atomic E-state index is 0.542. The molecule has 0 aliphatic heterocycles. The lowest BCUT2D eigenvalue weighted by molar-refractivity contribution is 0.290. The van der Waals surface area contributed by atoms with E-state index in [1.165, 1.54) is 11.1 Å². The van der Waals surface area contributed by atoms with Gasteiger partial charge in [0.2, 0.25) is 5.88 Å². The molecule has 0 aliphatic carbocycles. The molecular formula is C15H16BrNO. The molecule has 2 rings (SSSR count). The third-order valence-electron chi connectivity index (χ3n) is 3.01. The van der Waals surface area contributed by atoms with Crippen molar-refractivity contribution in [3.8, 4) is 5.88 Å². The smallest absolute Gasteiger partial charge is 0.228 e. The molecule has 0 unspecified atom stereocenters. The van der Waals surface area contributed by atoms with E-state index in [4.69, 9.17) is 4.74 Å². The lowest BCUT2D eigenvalue weighted by Gasteiger charge is -2.11. The Morgan fingerprint density at radius 3 is 2.56 bits per heavy atom. The fraction of sp³-hybridized carbons (Fsp3) is 0.267. The van der Waals surface area contributed by atoms with Gasteiger partial charge in [-0.3, -0.25) is 0 Å². The van der Waals surface area contributed by atoms with E-state index in [1.807, 2.05) is 32.0 Å². The van der Waals surface area contributed by atoms with Crippen LogP contribution in [-0.2, 0) is 6.61 Å². The summed E-state index contributed by atoms with van der Waals surface area (Å²) in [5.41, 5.74) is 4.57. The summed E-state index contributed by atoms with van der Waals surface area (Å²) < 4.78 is 6.68. The molecular weight excluding hydrogens is 290 g/mol. The maximum absolute atomic E-state index is 5.78. The van der Waals surface area contributed by atoms with E-state index in [0.29, 0.717) is 12.5 Å². The van der Waals surface area contributed by atoms with Crippen LogP contribution in [0.4, 0.5) is 0 Å². The van der Waals surface area contributed by atoms with Crippen molar-refractivity contribution < 1.29 is 4.74 Å². The minimum Gasteiger partial charge on any atom is -0.472 e. The van der Waals surface area contributed by atoms with Crippen molar-refractivity contribution in [3.63, 3.8) is 0 Å². The van der Waals surface area contributed by atoms with Crippen LogP contribution in [0.15, 0.2) is 34.8 Å². The van der Waals surface area contributed by atoms with Crippen molar-refractivity contribution in [3.05, 3.63) is 57.2 Å². The summed E-state index contributed by atoms with van der Waals surface area (Å²) in [5.74, 6) is 0.654. The summed E-state index contributed by atoms with van der Waals surface area (Å²) in [5, 5.41) is 0. The number of ether oxygens (including phenoxy) is 1. The molecule has 1 aromatic heterocycles. The molecule has 0 saturated carbocycles. The Hall–Kier alpha value is -1.35. The van der Waals surface area contributed by atoms with Crippen LogP contribution in [0.25, 0.3) is 0 Å². The van der Waals surface area contributed by atoms with E-state index < -0.39 is 0 Å². The summed E-state index contributed by atoms with van der Waals surface area (Å²) >= 11 is 3.49. The molecule has 0 radical (unpaired) electrons. The number of aryl methyl sites for hydroxylation is 3. The van der Waals surface area contributed by atoms with Crippen LogP contribution >= 0.6 is 15.9 Å². The van der Waals surface area contributed by atoms with Gasteiger partial charge in [-0.15, -0.1) is 0 Å². The van der Waals surface area contributed by atoms with E-state index >= 15 is 0 Å². The number of halogens is 1. The topological polar surface area (TPSA) is 22.1 Å². The molecule has 0 atom stereocenters. The van der Waals surface area contributed by atoms with Crippen molar-refractivity contribution in [2.45, 2.75) is 27.4 Å². The zero-order chi connectivity index (χ0) is 13.1. The summed E-state index contributed by atoms with van der Waals surface area (Å²) in [6.07, 6.45) is 0. The summed E-state index contributed by atoms with van der Waals surface area (Å²) in [6, 6.07) is 10.2. The van der Waals surface area contributed by atoms with Crippen LogP contribution in [0.5, 0.6) is 5.88 Å². The number of aromatic nitrogens is 1. The number of pyridine rings is 1. The average molecular weight is 306 g/mol. The first-order chi connectivity index (χ1) is 8.58. The van der Waals surface area contributed by atoms with Crippen LogP contribution in [0.3, 0.4) is 0 Å². The van der Waals surface area contributed by atoms with Crippen LogP contribution in [0.1, 0.15) is 22.4 Å². The van der Waals surface area contributed by atoms with Gasteiger partial charge in [0.05, 0.1) is 4.47 Å². The molecule has 18 heavy (non-hydrogen) atoms. The van der Waals surface area contributed by atoms with Crippen LogP contribution in [0, 0.1) is 20.8 Å². The Kier molecular flexibility index (Phi) is 4.02. The van der Waals surface area contributed by atoms with Gasteiger partial charge >= 0.3 is 0 Å². The van der Waals surface area contributed by atoms with E-state index in [2.05, 4.69) is 40.0 Å². The van der Waals surface area contributed by atoms with Crippen LogP contribution in [-0.4, -0.2) is 4.98 Å². The van der Waals surface area contributed by atoms with Gasteiger partial charge in [0.1, 0.15) is 6.61 Å². The first-order valence-electron chi connectivity index (χ1n) is 5.89. The van der Waals surface area contributed by atoms with Crippen LogP contribution in [0.2, 0.25) is 0 Å². The zero-order valence-corrected chi connectivity index (χ0v) is 12.4. The first-order valence-corrected chi connectivity index (χ1v) is 6.68. The molecule has 0 bridgehead atoms. The quantitative estimate of drug-likeness (QED) is 0.841. The molecule has 0 aliphatic rings. The summed E-state index contributed by atoms with van der Waals surface area (Å²) in [6.45, 7) is 6.66. The number of hydrogen-bond acceptors (Lipinski definition) is 2. The Bertz CT molecular complexity index is 566. The van der Waals surface area contributed by atoms with Crippen LogP contribution < -0.4 is 4.74 Å². The van der Waals surface area contributed by atoms with Gasteiger partial charge < -0.3 is 4.74 Å². The molecule has 2 aromatic rings. The Morgan fingerprint density at radius 2 is 1.83 bits per heavy atom. The monoisotopic (exact) mass is 305 g/mol. The molecule has 0 N–H and O–H groups in total. The largest absolute Gasteiger partial charge is 0.472 e. The second-order valence-corrected chi connectivity index (χ2v) is 5.25. The zero-order valence-electron chi connectivity index (χ0n) is 10.8. The number of rotatable bonds is 3. The maximum atomic E-state index is 5.78. The second kappa shape index (κ2) is 5.53. The normalized spacial score (nSPS) is 10.4. The highest BCUT2D eigenvalue weighted by atomic mass is 79.9. The third kappa shape index (κ3) is 2.91. The molecule has 3 heteroatoms. The van der Waals surface area contributed by atoms with Gasteiger partial charge in [0, 0.05) is 5.69 Å². The standard InChI is InChI=1S/C15H16BrNO/c1-10-6-4-5-7-13(10)9-18-15-14(16)8-11(2)12(3)17-15/h4-8H,9H2,1-3H3. The Balaban J connectivity index is 2.16. The molecule has 2 nitrogen and oxygen atoms in total. The Labute approximate surface area is 116 Å². The van der Waals surface area contributed by atoms with Crippen molar-refractivity contribution in [1.29, 1.82) is 0 Å². The second-order valence-electron chi connectivity index (χ2n) is 4.39. The highest BCUT2D eigenvalue weighted by molar-refractivity contribution is 9.10. The van der Waals surface area contributed by atoms with Gasteiger partial charge in [-0.25, -0.2) is 4.98 Å². The minimum atomic E-state index is 0.542.